The number of benzene rings is 1. The van der Waals surface area contributed by atoms with Crippen LogP contribution in [0.1, 0.15) is 52.0 Å². The summed E-state index contributed by atoms with van der Waals surface area (Å²) < 4.78 is 11.3. The van der Waals surface area contributed by atoms with Crippen LogP contribution >= 0.6 is 0 Å². The van der Waals surface area contributed by atoms with E-state index in [0.29, 0.717) is 35.4 Å². The lowest BCUT2D eigenvalue weighted by atomic mass is 9.78. The second-order valence-corrected chi connectivity index (χ2v) is 7.38. The number of nitrogens with one attached hydrogen (secondary N) is 1. The van der Waals surface area contributed by atoms with E-state index in [9.17, 15) is 10.1 Å². The smallest absolute Gasteiger partial charge is 0.256 e. The lowest BCUT2D eigenvalue weighted by molar-refractivity contribution is -0.143. The van der Waals surface area contributed by atoms with Crippen LogP contribution in [0, 0.1) is 23.2 Å². The van der Waals surface area contributed by atoms with Crippen LogP contribution in [0.2, 0.25) is 0 Å². The van der Waals surface area contributed by atoms with Crippen molar-refractivity contribution in [3.8, 4) is 11.8 Å². The highest BCUT2D eigenvalue weighted by Crippen LogP contribution is 2.36. The first kappa shape index (κ1) is 19.3. The number of nitriles is 1. The average molecular weight is 344 g/mol. The van der Waals surface area contributed by atoms with E-state index in [0.717, 1.165) is 25.7 Å². The molecule has 0 aromatic heterocycles. The van der Waals surface area contributed by atoms with E-state index in [-0.39, 0.29) is 5.91 Å². The normalized spacial score (nSPS) is 23.1. The molecule has 0 radical (unpaired) electrons. The molecule has 2 atom stereocenters. The summed E-state index contributed by atoms with van der Waals surface area (Å²) in [7, 11) is 1.60. The molecule has 0 aliphatic heterocycles. The van der Waals surface area contributed by atoms with Gasteiger partial charge in [-0.3, -0.25) is 4.79 Å². The largest absolute Gasteiger partial charge is 0.492 e. The molecule has 1 aliphatic carbocycles. The number of methoxy groups -OCH3 is 1. The summed E-state index contributed by atoms with van der Waals surface area (Å²) in [4.78, 5) is 12.8. The Morgan fingerprint density at radius 2 is 2.24 bits per heavy atom. The molecule has 0 bridgehead atoms. The van der Waals surface area contributed by atoms with Crippen LogP contribution in [-0.4, -0.2) is 25.2 Å². The summed E-state index contributed by atoms with van der Waals surface area (Å²) in [6, 6.07) is 7.29. The Balaban J connectivity index is 2.13. The second kappa shape index (κ2) is 8.35. The first-order valence-electron chi connectivity index (χ1n) is 8.93. The van der Waals surface area contributed by atoms with Crippen LogP contribution < -0.4 is 10.1 Å². The third-order valence-electron chi connectivity index (χ3n) is 4.69. The van der Waals surface area contributed by atoms with Crippen LogP contribution in [0.5, 0.6) is 5.75 Å². The molecule has 1 fully saturated rings. The minimum Gasteiger partial charge on any atom is -0.492 e. The molecule has 1 aliphatic rings. The molecule has 25 heavy (non-hydrogen) atoms. The molecule has 0 unspecified atom stereocenters. The van der Waals surface area contributed by atoms with Crippen molar-refractivity contribution in [2.75, 3.05) is 19.0 Å². The number of amides is 1. The predicted molar refractivity (Wildman–Crippen MR) is 97.5 cm³/mol. The van der Waals surface area contributed by atoms with Gasteiger partial charge in [-0.2, -0.15) is 5.26 Å². The van der Waals surface area contributed by atoms with Crippen molar-refractivity contribution < 1.29 is 14.3 Å². The summed E-state index contributed by atoms with van der Waals surface area (Å²) >= 11 is 0. The number of hydrogen-bond acceptors (Lipinski definition) is 4. The molecule has 0 heterocycles. The van der Waals surface area contributed by atoms with Crippen molar-refractivity contribution in [2.45, 2.75) is 52.1 Å². The summed E-state index contributed by atoms with van der Waals surface area (Å²) in [5, 5.41) is 12.3. The predicted octanol–water partition coefficient (Wildman–Crippen LogP) is 4.13. The van der Waals surface area contributed by atoms with Crippen molar-refractivity contribution in [3.63, 3.8) is 0 Å². The highest BCUT2D eigenvalue weighted by molar-refractivity contribution is 5.97. The molecule has 1 amide bonds. The Morgan fingerprint density at radius 3 is 2.84 bits per heavy atom. The molecule has 0 spiro atoms. The van der Waals surface area contributed by atoms with Crippen LogP contribution in [0.3, 0.4) is 0 Å². The molecule has 5 heteroatoms. The Labute approximate surface area is 150 Å². The van der Waals surface area contributed by atoms with Crippen LogP contribution in [0.15, 0.2) is 18.2 Å². The van der Waals surface area contributed by atoms with Crippen molar-refractivity contribution in [2.24, 2.45) is 11.8 Å². The minimum atomic E-state index is -0.780. The van der Waals surface area contributed by atoms with E-state index < -0.39 is 5.60 Å². The van der Waals surface area contributed by atoms with Crippen LogP contribution in [0.4, 0.5) is 5.69 Å². The Morgan fingerprint density at radius 1 is 1.48 bits per heavy atom. The summed E-state index contributed by atoms with van der Waals surface area (Å²) in [5.41, 5.74) is 0.229. The summed E-state index contributed by atoms with van der Waals surface area (Å²) in [6.07, 6.45) is 3.54. The number of anilines is 1. The molecule has 136 valence electrons. The number of nitrogens with zero attached hydrogens (tertiary/aromatic N) is 1. The van der Waals surface area contributed by atoms with Gasteiger partial charge < -0.3 is 14.8 Å². The number of hydrogen-bond donors (Lipinski definition) is 1. The topological polar surface area (TPSA) is 71.3 Å². The maximum Gasteiger partial charge on any atom is 0.256 e. The van der Waals surface area contributed by atoms with Crippen molar-refractivity contribution in [1.29, 1.82) is 5.26 Å². The van der Waals surface area contributed by atoms with Crippen molar-refractivity contribution in [1.82, 2.24) is 0 Å². The fourth-order valence-electron chi connectivity index (χ4n) is 3.31. The maximum atomic E-state index is 12.8. The Kier molecular flexibility index (Phi) is 6.44. The molecular formula is C20H28N2O3. The first-order chi connectivity index (χ1) is 11.9. The van der Waals surface area contributed by atoms with Gasteiger partial charge >= 0.3 is 0 Å². The maximum absolute atomic E-state index is 12.8. The Bertz CT molecular complexity index is 651. The fourth-order valence-corrected chi connectivity index (χ4v) is 3.31. The van der Waals surface area contributed by atoms with Crippen LogP contribution in [0.25, 0.3) is 0 Å². The zero-order valence-corrected chi connectivity index (χ0v) is 15.6. The minimum absolute atomic E-state index is 0.138. The van der Waals surface area contributed by atoms with E-state index in [2.05, 4.69) is 32.2 Å². The van der Waals surface area contributed by atoms with Gasteiger partial charge in [-0.15, -0.1) is 0 Å². The van der Waals surface area contributed by atoms with Gasteiger partial charge in [0, 0.05) is 12.8 Å². The lowest BCUT2D eigenvalue weighted by Gasteiger charge is -2.37. The third kappa shape index (κ3) is 4.73. The standard InChI is InChI=1S/C20H28N2O3/c1-14(2)13-25-18-8-7-17(10-16(18)12-21)22-19(23)20(24-4)9-5-6-15(3)11-20/h7-8,10,14-15H,5-6,9,11,13H2,1-4H3,(H,22,23)/t15-,20+/m0/s1. The number of ether oxygens (including phenoxy) is 2. The van der Waals surface area contributed by atoms with E-state index in [1.807, 2.05) is 0 Å². The molecule has 5 nitrogen and oxygen atoms in total. The number of carbonyl (C=O) groups excluding carboxylic acids is 1. The van der Waals surface area contributed by atoms with Gasteiger partial charge in [0.15, 0.2) is 0 Å². The third-order valence-corrected chi connectivity index (χ3v) is 4.69. The van der Waals surface area contributed by atoms with Gasteiger partial charge in [-0.25, -0.2) is 0 Å². The monoisotopic (exact) mass is 344 g/mol. The summed E-state index contributed by atoms with van der Waals surface area (Å²) in [5.74, 6) is 1.24. The van der Waals surface area contributed by atoms with Gasteiger partial charge in [-0.05, 0) is 49.3 Å². The molecule has 1 N–H and O–H groups in total. The van der Waals surface area contributed by atoms with Crippen LogP contribution in [-0.2, 0) is 9.53 Å². The number of carbonyl (C=O) groups is 1. The fraction of sp³-hybridized carbons (Fsp3) is 0.600. The Hall–Kier alpha value is -2.06. The SMILES string of the molecule is CO[C@]1(C(=O)Nc2ccc(OCC(C)C)c(C#N)c2)CCC[C@H](C)C1. The molecule has 0 saturated heterocycles. The second-order valence-electron chi connectivity index (χ2n) is 7.38. The van der Waals surface area contributed by atoms with Gasteiger partial charge in [0.25, 0.3) is 5.91 Å². The quantitative estimate of drug-likeness (QED) is 0.842. The zero-order chi connectivity index (χ0) is 18.4. The summed E-state index contributed by atoms with van der Waals surface area (Å²) in [6.45, 7) is 6.80. The first-order valence-corrected chi connectivity index (χ1v) is 8.93. The highest BCUT2D eigenvalue weighted by Gasteiger charge is 2.42. The van der Waals surface area contributed by atoms with Gasteiger partial charge in [0.2, 0.25) is 0 Å². The average Bonchev–Trinajstić information content (AvgIpc) is 2.60. The van der Waals surface area contributed by atoms with Gasteiger partial charge in [0.1, 0.15) is 17.4 Å². The van der Waals surface area contributed by atoms with Gasteiger partial charge in [-0.1, -0.05) is 27.2 Å². The lowest BCUT2D eigenvalue weighted by Crippen LogP contribution is -2.47. The van der Waals surface area contributed by atoms with E-state index >= 15 is 0 Å². The van der Waals surface area contributed by atoms with Crippen molar-refractivity contribution >= 4 is 11.6 Å². The molecule has 1 saturated carbocycles. The van der Waals surface area contributed by atoms with E-state index in [1.165, 1.54) is 0 Å². The van der Waals surface area contributed by atoms with E-state index in [1.54, 1.807) is 25.3 Å². The van der Waals surface area contributed by atoms with Gasteiger partial charge in [0.05, 0.1) is 12.2 Å². The highest BCUT2D eigenvalue weighted by atomic mass is 16.5. The molecular weight excluding hydrogens is 316 g/mol. The van der Waals surface area contributed by atoms with E-state index in [4.69, 9.17) is 9.47 Å². The molecule has 1 aromatic carbocycles. The number of rotatable bonds is 6. The molecule has 2 rings (SSSR count). The zero-order valence-electron chi connectivity index (χ0n) is 15.6. The van der Waals surface area contributed by atoms with Crippen molar-refractivity contribution in [3.05, 3.63) is 23.8 Å². The molecule has 1 aromatic rings.